The van der Waals surface area contributed by atoms with Crippen LogP contribution in [-0.2, 0) is 9.47 Å². The number of aliphatic hydroxyl groups excluding tert-OH is 1. The van der Waals surface area contributed by atoms with Crippen molar-refractivity contribution in [3.05, 3.63) is 0 Å². The number of fused-ring (bicyclic) bond motifs is 1. The third-order valence-electron chi connectivity index (χ3n) is 2.07. The molecule has 0 saturated carbocycles. The molecular formula is C6H11NO3. The van der Waals surface area contributed by atoms with E-state index in [0.29, 0.717) is 13.2 Å². The Balaban J connectivity index is 2.09. The van der Waals surface area contributed by atoms with Crippen LogP contribution in [0.2, 0.25) is 0 Å². The van der Waals surface area contributed by atoms with Crippen LogP contribution in [-0.4, -0.2) is 42.7 Å². The molecule has 3 N–H and O–H groups in total. The van der Waals surface area contributed by atoms with Crippen molar-refractivity contribution in [2.24, 2.45) is 5.73 Å². The normalized spacial score (nSPS) is 53.4. The molecule has 0 bridgehead atoms. The van der Waals surface area contributed by atoms with Crippen LogP contribution in [0.1, 0.15) is 0 Å². The Hall–Kier alpha value is -0.160. The fraction of sp³-hybridized carbons (Fsp3) is 1.00. The highest BCUT2D eigenvalue weighted by molar-refractivity contribution is 4.95. The second kappa shape index (κ2) is 2.17. The highest BCUT2D eigenvalue weighted by atomic mass is 16.6. The number of nitrogens with two attached hydrogens (primary N) is 1. The number of hydrogen-bond acceptors (Lipinski definition) is 4. The fourth-order valence-electron chi connectivity index (χ4n) is 1.51. The van der Waals surface area contributed by atoms with Gasteiger partial charge < -0.3 is 20.3 Å². The van der Waals surface area contributed by atoms with Crippen molar-refractivity contribution in [1.82, 2.24) is 0 Å². The van der Waals surface area contributed by atoms with E-state index in [4.69, 9.17) is 15.2 Å². The first-order valence-electron chi connectivity index (χ1n) is 3.46. The number of aliphatic hydroxyl groups is 1. The smallest absolute Gasteiger partial charge is 0.113 e. The topological polar surface area (TPSA) is 64.7 Å². The van der Waals surface area contributed by atoms with E-state index in [1.54, 1.807) is 0 Å². The first-order chi connectivity index (χ1) is 4.79. The van der Waals surface area contributed by atoms with Gasteiger partial charge in [-0.1, -0.05) is 0 Å². The molecule has 2 rings (SSSR count). The van der Waals surface area contributed by atoms with Crippen LogP contribution in [0.5, 0.6) is 0 Å². The molecule has 0 aromatic heterocycles. The minimum Gasteiger partial charge on any atom is -0.388 e. The number of hydrogen-bond donors (Lipinski definition) is 2. The van der Waals surface area contributed by atoms with Gasteiger partial charge in [0.15, 0.2) is 0 Å². The quantitative estimate of drug-likeness (QED) is 0.434. The van der Waals surface area contributed by atoms with E-state index < -0.39 is 6.10 Å². The zero-order chi connectivity index (χ0) is 7.14. The van der Waals surface area contributed by atoms with Gasteiger partial charge in [-0.15, -0.1) is 0 Å². The zero-order valence-electron chi connectivity index (χ0n) is 5.56. The number of ether oxygens (including phenoxy) is 2. The summed E-state index contributed by atoms with van der Waals surface area (Å²) in [5.41, 5.74) is 5.62. The third kappa shape index (κ3) is 0.769. The average Bonchev–Trinajstić information content (AvgIpc) is 2.41. The molecule has 10 heavy (non-hydrogen) atoms. The highest BCUT2D eigenvalue weighted by Gasteiger charge is 2.45. The van der Waals surface area contributed by atoms with Crippen molar-refractivity contribution in [2.75, 3.05) is 13.2 Å². The van der Waals surface area contributed by atoms with E-state index >= 15 is 0 Å². The fourth-order valence-corrected chi connectivity index (χ4v) is 1.51. The standard InChI is InChI=1S/C6H11NO3/c7-3-1-9-6-4(8)2-10-5(3)6/h3-6,8H,1-2,7H2/t3-,4-,5?,6?/m0/s1. The molecule has 4 atom stereocenters. The van der Waals surface area contributed by atoms with Crippen LogP contribution in [0.15, 0.2) is 0 Å². The van der Waals surface area contributed by atoms with E-state index in [0.717, 1.165) is 0 Å². The Morgan fingerprint density at radius 3 is 2.60 bits per heavy atom. The van der Waals surface area contributed by atoms with Crippen LogP contribution in [0.4, 0.5) is 0 Å². The summed E-state index contributed by atoms with van der Waals surface area (Å²) in [6.07, 6.45) is -0.719. The summed E-state index contributed by atoms with van der Waals surface area (Å²) in [5, 5.41) is 9.21. The SMILES string of the molecule is N[C@H]1COC2C1OC[C@@H]2O. The van der Waals surface area contributed by atoms with Gasteiger partial charge in [0, 0.05) is 0 Å². The zero-order valence-corrected chi connectivity index (χ0v) is 5.56. The van der Waals surface area contributed by atoms with Gasteiger partial charge in [-0.05, 0) is 0 Å². The van der Waals surface area contributed by atoms with Crippen molar-refractivity contribution >= 4 is 0 Å². The van der Waals surface area contributed by atoms with Crippen molar-refractivity contribution in [2.45, 2.75) is 24.4 Å². The highest BCUT2D eigenvalue weighted by Crippen LogP contribution is 2.25. The van der Waals surface area contributed by atoms with E-state index in [1.807, 2.05) is 0 Å². The molecule has 2 unspecified atom stereocenters. The van der Waals surface area contributed by atoms with E-state index in [2.05, 4.69) is 0 Å². The summed E-state index contributed by atoms with van der Waals surface area (Å²) in [5.74, 6) is 0. The van der Waals surface area contributed by atoms with Crippen molar-refractivity contribution in [1.29, 1.82) is 0 Å². The molecule has 0 aliphatic carbocycles. The predicted molar refractivity (Wildman–Crippen MR) is 33.5 cm³/mol. The lowest BCUT2D eigenvalue weighted by Gasteiger charge is -2.10. The molecule has 4 nitrogen and oxygen atoms in total. The molecule has 2 aliphatic rings. The van der Waals surface area contributed by atoms with Crippen LogP contribution >= 0.6 is 0 Å². The maximum atomic E-state index is 9.21. The molecule has 0 spiro atoms. The van der Waals surface area contributed by atoms with Crippen molar-refractivity contribution in [3.8, 4) is 0 Å². The van der Waals surface area contributed by atoms with Gasteiger partial charge in [0.1, 0.15) is 18.3 Å². The van der Waals surface area contributed by atoms with Crippen LogP contribution in [0.3, 0.4) is 0 Å². The Labute approximate surface area is 58.9 Å². The maximum absolute atomic E-state index is 9.21. The van der Waals surface area contributed by atoms with Gasteiger partial charge in [-0.3, -0.25) is 0 Å². The van der Waals surface area contributed by atoms with Gasteiger partial charge in [0.2, 0.25) is 0 Å². The molecule has 2 aliphatic heterocycles. The minimum atomic E-state index is -0.474. The minimum absolute atomic E-state index is 0.0536. The molecule has 4 heteroatoms. The Morgan fingerprint density at radius 1 is 1.20 bits per heavy atom. The summed E-state index contributed by atoms with van der Waals surface area (Å²) in [6.45, 7) is 0.870. The Bertz CT molecular complexity index is 125. The summed E-state index contributed by atoms with van der Waals surface area (Å²) < 4.78 is 10.4. The first kappa shape index (κ1) is 6.54. The van der Waals surface area contributed by atoms with Gasteiger partial charge in [0.05, 0.1) is 19.3 Å². The lowest BCUT2D eigenvalue weighted by molar-refractivity contribution is 0.0182. The summed E-state index contributed by atoms with van der Waals surface area (Å²) >= 11 is 0. The Morgan fingerprint density at radius 2 is 1.90 bits per heavy atom. The van der Waals surface area contributed by atoms with Crippen molar-refractivity contribution in [3.63, 3.8) is 0 Å². The van der Waals surface area contributed by atoms with E-state index in [-0.39, 0.29) is 18.2 Å². The lowest BCUT2D eigenvalue weighted by atomic mass is 10.1. The Kier molecular flexibility index (Phi) is 1.42. The summed E-state index contributed by atoms with van der Waals surface area (Å²) in [7, 11) is 0. The largest absolute Gasteiger partial charge is 0.388 e. The third-order valence-corrected chi connectivity index (χ3v) is 2.07. The van der Waals surface area contributed by atoms with Crippen LogP contribution in [0, 0.1) is 0 Å². The molecule has 0 aromatic rings. The molecule has 2 fully saturated rings. The lowest BCUT2D eigenvalue weighted by Crippen LogP contribution is -2.36. The maximum Gasteiger partial charge on any atom is 0.113 e. The van der Waals surface area contributed by atoms with Gasteiger partial charge in [-0.25, -0.2) is 0 Å². The molecule has 0 aromatic carbocycles. The average molecular weight is 145 g/mol. The molecule has 58 valence electrons. The van der Waals surface area contributed by atoms with Gasteiger partial charge >= 0.3 is 0 Å². The molecule has 2 saturated heterocycles. The summed E-state index contributed by atoms with van der Waals surface area (Å²) in [4.78, 5) is 0. The van der Waals surface area contributed by atoms with Crippen LogP contribution in [0.25, 0.3) is 0 Å². The van der Waals surface area contributed by atoms with Gasteiger partial charge in [0.25, 0.3) is 0 Å². The molecular weight excluding hydrogens is 134 g/mol. The second-order valence-corrected chi connectivity index (χ2v) is 2.83. The van der Waals surface area contributed by atoms with Gasteiger partial charge in [-0.2, -0.15) is 0 Å². The monoisotopic (exact) mass is 145 g/mol. The molecule has 0 radical (unpaired) electrons. The van der Waals surface area contributed by atoms with Crippen LogP contribution < -0.4 is 5.73 Å². The van der Waals surface area contributed by atoms with E-state index in [1.165, 1.54) is 0 Å². The van der Waals surface area contributed by atoms with Crippen molar-refractivity contribution < 1.29 is 14.6 Å². The summed E-state index contributed by atoms with van der Waals surface area (Å²) in [6, 6.07) is -0.0536. The number of rotatable bonds is 0. The second-order valence-electron chi connectivity index (χ2n) is 2.83. The predicted octanol–water partition coefficient (Wildman–Crippen LogP) is -1.53. The first-order valence-corrected chi connectivity index (χ1v) is 3.46. The molecule has 2 heterocycles. The molecule has 0 amide bonds. The van der Waals surface area contributed by atoms with E-state index in [9.17, 15) is 5.11 Å².